The van der Waals surface area contributed by atoms with Crippen molar-refractivity contribution in [3.8, 4) is 22.5 Å². The lowest BCUT2D eigenvalue weighted by molar-refractivity contribution is -0.114. The first kappa shape index (κ1) is 14.2. The van der Waals surface area contributed by atoms with Crippen LogP contribution in [0.25, 0.3) is 28.2 Å². The fraction of sp³-hybridized carbons (Fsp3) is 0.0556. The van der Waals surface area contributed by atoms with E-state index in [-0.39, 0.29) is 5.91 Å². The van der Waals surface area contributed by atoms with Gasteiger partial charge in [0.15, 0.2) is 5.65 Å². The number of carbonyl (C=O) groups is 1. The highest BCUT2D eigenvalue weighted by atomic mass is 16.3. The Balaban J connectivity index is 1.68. The molecule has 1 aromatic carbocycles. The monoisotopic (exact) mass is 318 g/mol. The lowest BCUT2D eigenvalue weighted by atomic mass is 10.1. The zero-order chi connectivity index (χ0) is 16.5. The Morgan fingerprint density at radius 1 is 1.04 bits per heavy atom. The molecule has 0 atom stereocenters. The van der Waals surface area contributed by atoms with Crippen molar-refractivity contribution in [1.29, 1.82) is 0 Å². The van der Waals surface area contributed by atoms with Crippen LogP contribution < -0.4 is 5.32 Å². The van der Waals surface area contributed by atoms with E-state index >= 15 is 0 Å². The number of nitrogens with one attached hydrogen (secondary N) is 1. The van der Waals surface area contributed by atoms with E-state index in [1.165, 1.54) is 6.92 Å². The molecule has 0 radical (unpaired) electrons. The highest BCUT2D eigenvalue weighted by molar-refractivity contribution is 5.88. The normalized spacial score (nSPS) is 10.9. The third-order valence-electron chi connectivity index (χ3n) is 3.64. The predicted molar refractivity (Wildman–Crippen MR) is 90.4 cm³/mol. The Kier molecular flexibility index (Phi) is 3.35. The molecule has 4 rings (SSSR count). The summed E-state index contributed by atoms with van der Waals surface area (Å²) in [4.78, 5) is 15.6. The van der Waals surface area contributed by atoms with E-state index in [0.717, 1.165) is 33.8 Å². The Hall–Kier alpha value is -3.41. The standard InChI is InChI=1S/C18H14N4O2/c1-12(23)19-15-4-2-13(3-5-15)16-6-7-18-20-17(10-22(18)21-16)14-8-9-24-11-14/h2-11H,1H3,(H,19,23). The summed E-state index contributed by atoms with van der Waals surface area (Å²) in [5.74, 6) is -0.0903. The number of rotatable bonds is 3. The molecule has 0 fully saturated rings. The van der Waals surface area contributed by atoms with Gasteiger partial charge in [0.1, 0.15) is 0 Å². The predicted octanol–water partition coefficient (Wildman–Crippen LogP) is 3.61. The summed E-state index contributed by atoms with van der Waals surface area (Å²) in [6.07, 6.45) is 5.15. The van der Waals surface area contributed by atoms with Crippen molar-refractivity contribution in [2.24, 2.45) is 0 Å². The summed E-state index contributed by atoms with van der Waals surface area (Å²) < 4.78 is 6.85. The van der Waals surface area contributed by atoms with Gasteiger partial charge in [-0.05, 0) is 30.3 Å². The number of hydrogen-bond acceptors (Lipinski definition) is 4. The largest absolute Gasteiger partial charge is 0.472 e. The van der Waals surface area contributed by atoms with Crippen molar-refractivity contribution in [2.45, 2.75) is 6.92 Å². The lowest BCUT2D eigenvalue weighted by Crippen LogP contribution is -2.05. The number of aromatic nitrogens is 3. The fourth-order valence-electron chi connectivity index (χ4n) is 2.51. The van der Waals surface area contributed by atoms with Crippen molar-refractivity contribution in [2.75, 3.05) is 5.32 Å². The molecule has 0 bridgehead atoms. The quantitative estimate of drug-likeness (QED) is 0.626. The van der Waals surface area contributed by atoms with Crippen LogP contribution in [0.3, 0.4) is 0 Å². The number of anilines is 1. The summed E-state index contributed by atoms with van der Waals surface area (Å²) >= 11 is 0. The molecule has 6 nitrogen and oxygen atoms in total. The van der Waals surface area contributed by atoms with E-state index in [2.05, 4.69) is 15.4 Å². The molecule has 0 spiro atoms. The molecule has 3 heterocycles. The average Bonchev–Trinajstić information content (AvgIpc) is 3.23. The van der Waals surface area contributed by atoms with E-state index in [0.29, 0.717) is 0 Å². The third-order valence-corrected chi connectivity index (χ3v) is 3.64. The maximum Gasteiger partial charge on any atom is 0.221 e. The lowest BCUT2D eigenvalue weighted by Gasteiger charge is -2.04. The molecule has 4 aromatic rings. The van der Waals surface area contributed by atoms with Gasteiger partial charge in [0.25, 0.3) is 0 Å². The van der Waals surface area contributed by atoms with Gasteiger partial charge in [0.05, 0.1) is 30.1 Å². The minimum atomic E-state index is -0.0903. The topological polar surface area (TPSA) is 72.4 Å². The molecule has 118 valence electrons. The molecule has 6 heteroatoms. The molecule has 3 aromatic heterocycles. The molecule has 1 amide bonds. The number of imidazole rings is 1. The minimum Gasteiger partial charge on any atom is -0.472 e. The van der Waals surface area contributed by atoms with Gasteiger partial charge in [-0.1, -0.05) is 12.1 Å². The van der Waals surface area contributed by atoms with Crippen LogP contribution in [0.2, 0.25) is 0 Å². The highest BCUT2D eigenvalue weighted by Gasteiger charge is 2.08. The van der Waals surface area contributed by atoms with E-state index < -0.39 is 0 Å². The van der Waals surface area contributed by atoms with E-state index in [4.69, 9.17) is 4.42 Å². The van der Waals surface area contributed by atoms with Gasteiger partial charge in [-0.15, -0.1) is 0 Å². The van der Waals surface area contributed by atoms with Crippen LogP contribution in [0.4, 0.5) is 5.69 Å². The fourth-order valence-corrected chi connectivity index (χ4v) is 2.51. The van der Waals surface area contributed by atoms with Crippen molar-refractivity contribution >= 4 is 17.2 Å². The van der Waals surface area contributed by atoms with Crippen LogP contribution in [0.1, 0.15) is 6.92 Å². The van der Waals surface area contributed by atoms with Crippen molar-refractivity contribution in [3.05, 3.63) is 61.2 Å². The van der Waals surface area contributed by atoms with Crippen LogP contribution in [-0.2, 0) is 4.79 Å². The molecule has 0 aliphatic heterocycles. The van der Waals surface area contributed by atoms with Crippen LogP contribution in [-0.4, -0.2) is 20.5 Å². The highest BCUT2D eigenvalue weighted by Crippen LogP contribution is 2.22. The second-order valence-corrected chi connectivity index (χ2v) is 5.42. The Bertz CT molecular complexity index is 1000. The van der Waals surface area contributed by atoms with Gasteiger partial charge in [-0.3, -0.25) is 4.79 Å². The second kappa shape index (κ2) is 5.66. The van der Waals surface area contributed by atoms with Gasteiger partial charge in [0, 0.05) is 23.7 Å². The van der Waals surface area contributed by atoms with E-state index in [9.17, 15) is 4.79 Å². The van der Waals surface area contributed by atoms with Crippen LogP contribution in [0, 0.1) is 0 Å². The van der Waals surface area contributed by atoms with Gasteiger partial charge >= 0.3 is 0 Å². The number of benzene rings is 1. The summed E-state index contributed by atoms with van der Waals surface area (Å²) in [7, 11) is 0. The molecular weight excluding hydrogens is 304 g/mol. The maximum atomic E-state index is 11.1. The second-order valence-electron chi connectivity index (χ2n) is 5.42. The number of carbonyl (C=O) groups excluding carboxylic acids is 1. The number of nitrogens with zero attached hydrogens (tertiary/aromatic N) is 3. The van der Waals surface area contributed by atoms with Gasteiger partial charge in [0.2, 0.25) is 5.91 Å². The van der Waals surface area contributed by atoms with Gasteiger partial charge in [-0.2, -0.15) is 5.10 Å². The summed E-state index contributed by atoms with van der Waals surface area (Å²) in [6, 6.07) is 13.3. The number of amides is 1. The zero-order valence-corrected chi connectivity index (χ0v) is 12.9. The van der Waals surface area contributed by atoms with E-state index in [1.54, 1.807) is 17.0 Å². The molecule has 0 unspecified atom stereocenters. The zero-order valence-electron chi connectivity index (χ0n) is 12.9. The molecule has 0 aliphatic rings. The van der Waals surface area contributed by atoms with E-state index in [1.807, 2.05) is 48.7 Å². The van der Waals surface area contributed by atoms with Crippen LogP contribution in [0.5, 0.6) is 0 Å². The Morgan fingerprint density at radius 2 is 1.88 bits per heavy atom. The van der Waals surface area contributed by atoms with Gasteiger partial charge < -0.3 is 9.73 Å². The first-order valence-electron chi connectivity index (χ1n) is 7.46. The van der Waals surface area contributed by atoms with Crippen LogP contribution >= 0.6 is 0 Å². The third kappa shape index (κ3) is 2.65. The molecule has 0 aliphatic carbocycles. The molecule has 0 saturated carbocycles. The Morgan fingerprint density at radius 3 is 2.58 bits per heavy atom. The molecule has 24 heavy (non-hydrogen) atoms. The first-order valence-corrected chi connectivity index (χ1v) is 7.46. The first-order chi connectivity index (χ1) is 11.7. The molecule has 0 saturated heterocycles. The van der Waals surface area contributed by atoms with Gasteiger partial charge in [-0.25, -0.2) is 9.50 Å². The SMILES string of the molecule is CC(=O)Nc1ccc(-c2ccc3nc(-c4ccoc4)cn3n2)cc1. The van der Waals surface area contributed by atoms with Crippen molar-refractivity contribution in [3.63, 3.8) is 0 Å². The van der Waals surface area contributed by atoms with Crippen molar-refractivity contribution in [1.82, 2.24) is 14.6 Å². The average molecular weight is 318 g/mol. The molecular formula is C18H14N4O2. The smallest absolute Gasteiger partial charge is 0.221 e. The minimum absolute atomic E-state index is 0.0903. The number of hydrogen-bond donors (Lipinski definition) is 1. The summed E-state index contributed by atoms with van der Waals surface area (Å²) in [5, 5.41) is 7.35. The Labute approximate surface area is 137 Å². The van der Waals surface area contributed by atoms with Crippen molar-refractivity contribution < 1.29 is 9.21 Å². The molecule has 1 N–H and O–H groups in total. The number of furan rings is 1. The maximum absolute atomic E-state index is 11.1. The number of fused-ring (bicyclic) bond motifs is 1. The summed E-state index contributed by atoms with van der Waals surface area (Å²) in [6.45, 7) is 1.49. The van der Waals surface area contributed by atoms with Crippen LogP contribution in [0.15, 0.2) is 65.6 Å². The summed E-state index contributed by atoms with van der Waals surface area (Å²) in [5.41, 5.74) is 5.05.